The summed E-state index contributed by atoms with van der Waals surface area (Å²) in [5.74, 6) is 0.0953. The Morgan fingerprint density at radius 1 is 1.20 bits per heavy atom. The Bertz CT molecular complexity index is 1020. The van der Waals surface area contributed by atoms with E-state index in [-0.39, 0.29) is 11.4 Å². The van der Waals surface area contributed by atoms with Gasteiger partial charge in [0.15, 0.2) is 0 Å². The number of rotatable bonds is 8. The van der Waals surface area contributed by atoms with Gasteiger partial charge in [0.1, 0.15) is 24.7 Å². The van der Waals surface area contributed by atoms with Gasteiger partial charge in [0.2, 0.25) is 5.91 Å². The number of carbonyl (C=O) groups excluding carboxylic acids is 3. The number of ether oxygens (including phenoxy) is 2. The molecule has 1 aliphatic rings. The Morgan fingerprint density at radius 3 is 2.77 bits per heavy atom. The van der Waals surface area contributed by atoms with E-state index >= 15 is 0 Å². The fourth-order valence-electron chi connectivity index (χ4n) is 2.72. The van der Waals surface area contributed by atoms with Gasteiger partial charge in [-0.3, -0.25) is 19.3 Å². The van der Waals surface area contributed by atoms with Crippen LogP contribution < -0.4 is 14.8 Å². The molecule has 0 unspecified atom stereocenters. The van der Waals surface area contributed by atoms with Gasteiger partial charge in [0.05, 0.1) is 17.7 Å². The van der Waals surface area contributed by atoms with Crippen LogP contribution in [0.25, 0.3) is 6.08 Å². The molecule has 2 aromatic rings. The maximum Gasteiger partial charge on any atom is 0.294 e. The zero-order valence-electron chi connectivity index (χ0n) is 16.3. The lowest BCUT2D eigenvalue weighted by molar-refractivity contribution is -0.127. The first-order chi connectivity index (χ1) is 14.5. The van der Waals surface area contributed by atoms with Crippen LogP contribution >= 0.6 is 11.8 Å². The average molecular weight is 424 g/mol. The fraction of sp³-hybridized carbons (Fsp3) is 0.136. The zero-order chi connectivity index (χ0) is 21.5. The van der Waals surface area contributed by atoms with E-state index in [0.29, 0.717) is 29.4 Å². The van der Waals surface area contributed by atoms with Gasteiger partial charge in [-0.2, -0.15) is 0 Å². The van der Waals surface area contributed by atoms with Crippen LogP contribution in [0.4, 0.5) is 10.5 Å². The summed E-state index contributed by atoms with van der Waals surface area (Å²) in [7, 11) is 1.49. The van der Waals surface area contributed by atoms with E-state index < -0.39 is 17.1 Å². The SMILES string of the molecule is C=CCOc1cccc(/C=C2/SC(=O)N(CC(=O)Nc3ccccc3OC)C2=O)c1. The highest BCUT2D eigenvalue weighted by molar-refractivity contribution is 8.18. The first kappa shape index (κ1) is 21.2. The number of hydrogen-bond acceptors (Lipinski definition) is 6. The molecule has 3 rings (SSSR count). The number of thioether (sulfide) groups is 1. The number of hydrogen-bond donors (Lipinski definition) is 1. The molecular weight excluding hydrogens is 404 g/mol. The van der Waals surface area contributed by atoms with E-state index in [1.807, 2.05) is 0 Å². The van der Waals surface area contributed by atoms with Crippen molar-refractivity contribution in [3.8, 4) is 11.5 Å². The molecule has 0 spiro atoms. The normalized spacial score (nSPS) is 14.7. The van der Waals surface area contributed by atoms with E-state index in [2.05, 4.69) is 11.9 Å². The standard InChI is InChI=1S/C22H20N2O5S/c1-3-11-29-16-8-6-7-15(12-16)13-19-21(26)24(22(27)30-19)14-20(25)23-17-9-4-5-10-18(17)28-2/h3-10,12-13H,1,11,14H2,2H3,(H,23,25)/b19-13+. The van der Waals surface area contributed by atoms with Crippen LogP contribution in [0.15, 0.2) is 66.1 Å². The van der Waals surface area contributed by atoms with Crippen molar-refractivity contribution in [1.82, 2.24) is 4.90 Å². The molecule has 154 valence electrons. The summed E-state index contributed by atoms with van der Waals surface area (Å²) >= 11 is 0.793. The van der Waals surface area contributed by atoms with E-state index in [9.17, 15) is 14.4 Å². The summed E-state index contributed by atoms with van der Waals surface area (Å²) in [5.41, 5.74) is 1.17. The number of nitrogens with zero attached hydrogens (tertiary/aromatic N) is 1. The highest BCUT2D eigenvalue weighted by Crippen LogP contribution is 2.32. The number of para-hydroxylation sites is 2. The Balaban J connectivity index is 1.69. The minimum Gasteiger partial charge on any atom is -0.495 e. The van der Waals surface area contributed by atoms with Crippen molar-refractivity contribution >= 4 is 40.6 Å². The number of carbonyl (C=O) groups is 3. The summed E-state index contributed by atoms with van der Waals surface area (Å²) in [6.45, 7) is 3.58. The van der Waals surface area contributed by atoms with Crippen molar-refractivity contribution in [2.75, 3.05) is 25.6 Å². The van der Waals surface area contributed by atoms with Gasteiger partial charge < -0.3 is 14.8 Å². The van der Waals surface area contributed by atoms with Crippen molar-refractivity contribution in [2.24, 2.45) is 0 Å². The molecule has 0 aliphatic carbocycles. The van der Waals surface area contributed by atoms with Gasteiger partial charge in [-0.05, 0) is 47.7 Å². The molecule has 1 saturated heterocycles. The molecule has 1 aliphatic heterocycles. The molecule has 0 saturated carbocycles. The minimum atomic E-state index is -0.516. The third kappa shape index (κ3) is 5.09. The lowest BCUT2D eigenvalue weighted by Crippen LogP contribution is -2.36. The molecule has 8 heteroatoms. The van der Waals surface area contributed by atoms with Gasteiger partial charge in [-0.25, -0.2) is 0 Å². The number of anilines is 1. The molecule has 0 atom stereocenters. The molecule has 1 N–H and O–H groups in total. The Morgan fingerprint density at radius 2 is 2.00 bits per heavy atom. The lowest BCUT2D eigenvalue weighted by Gasteiger charge is -2.14. The third-order valence-electron chi connectivity index (χ3n) is 4.08. The van der Waals surface area contributed by atoms with Crippen molar-refractivity contribution in [1.29, 1.82) is 0 Å². The summed E-state index contributed by atoms with van der Waals surface area (Å²) < 4.78 is 10.7. The van der Waals surface area contributed by atoms with E-state index in [1.54, 1.807) is 60.7 Å². The van der Waals surface area contributed by atoms with Crippen LogP contribution in [0, 0.1) is 0 Å². The van der Waals surface area contributed by atoms with Crippen LogP contribution in [0.1, 0.15) is 5.56 Å². The molecule has 0 aromatic heterocycles. The number of nitrogens with one attached hydrogen (secondary N) is 1. The largest absolute Gasteiger partial charge is 0.495 e. The predicted octanol–water partition coefficient (Wildman–Crippen LogP) is 3.94. The topological polar surface area (TPSA) is 84.9 Å². The van der Waals surface area contributed by atoms with Crippen LogP contribution in [0.3, 0.4) is 0 Å². The molecule has 30 heavy (non-hydrogen) atoms. The van der Waals surface area contributed by atoms with Crippen LogP contribution in [-0.4, -0.2) is 42.2 Å². The maximum atomic E-state index is 12.7. The monoisotopic (exact) mass is 424 g/mol. The summed E-state index contributed by atoms with van der Waals surface area (Å²) in [6, 6.07) is 14.0. The highest BCUT2D eigenvalue weighted by Gasteiger charge is 2.36. The summed E-state index contributed by atoms with van der Waals surface area (Å²) in [6.07, 6.45) is 3.23. The Labute approximate surface area is 178 Å². The molecule has 1 fully saturated rings. The van der Waals surface area contributed by atoms with Gasteiger partial charge in [0.25, 0.3) is 11.1 Å². The first-order valence-electron chi connectivity index (χ1n) is 9.04. The van der Waals surface area contributed by atoms with E-state index in [0.717, 1.165) is 16.7 Å². The molecule has 1 heterocycles. The first-order valence-corrected chi connectivity index (χ1v) is 9.85. The van der Waals surface area contributed by atoms with Crippen LogP contribution in [0.5, 0.6) is 11.5 Å². The second kappa shape index (κ2) is 9.80. The number of amides is 3. The van der Waals surface area contributed by atoms with Gasteiger partial charge in [-0.1, -0.05) is 36.9 Å². The number of benzene rings is 2. The molecule has 0 radical (unpaired) electrons. The van der Waals surface area contributed by atoms with E-state index in [4.69, 9.17) is 9.47 Å². The fourth-order valence-corrected chi connectivity index (χ4v) is 3.56. The molecule has 3 amide bonds. The summed E-state index contributed by atoms with van der Waals surface area (Å²) in [4.78, 5) is 38.5. The van der Waals surface area contributed by atoms with Gasteiger partial charge in [-0.15, -0.1) is 0 Å². The van der Waals surface area contributed by atoms with Crippen molar-refractivity contribution in [3.63, 3.8) is 0 Å². The Kier molecular flexibility index (Phi) is 6.92. The molecule has 2 aromatic carbocycles. The minimum absolute atomic E-state index is 0.242. The van der Waals surface area contributed by atoms with Crippen LogP contribution in [0.2, 0.25) is 0 Å². The smallest absolute Gasteiger partial charge is 0.294 e. The molecule has 7 nitrogen and oxygen atoms in total. The summed E-state index contributed by atoms with van der Waals surface area (Å²) in [5, 5.41) is 2.16. The lowest BCUT2D eigenvalue weighted by atomic mass is 10.2. The number of imide groups is 1. The van der Waals surface area contributed by atoms with Gasteiger partial charge >= 0.3 is 0 Å². The number of methoxy groups -OCH3 is 1. The second-order valence-corrected chi connectivity index (χ2v) is 7.18. The van der Waals surface area contributed by atoms with Crippen molar-refractivity contribution in [2.45, 2.75) is 0 Å². The maximum absolute atomic E-state index is 12.7. The molecule has 0 bridgehead atoms. The predicted molar refractivity (Wildman–Crippen MR) is 116 cm³/mol. The Hall–Kier alpha value is -3.52. The van der Waals surface area contributed by atoms with Crippen LogP contribution in [-0.2, 0) is 9.59 Å². The van der Waals surface area contributed by atoms with E-state index in [1.165, 1.54) is 7.11 Å². The second-order valence-electron chi connectivity index (χ2n) is 6.19. The average Bonchev–Trinajstić information content (AvgIpc) is 3.00. The third-order valence-corrected chi connectivity index (χ3v) is 4.99. The quantitative estimate of drug-likeness (QED) is 0.510. The molecular formula is C22H20N2O5S. The zero-order valence-corrected chi connectivity index (χ0v) is 17.1. The van der Waals surface area contributed by atoms with Crippen molar-refractivity contribution < 1.29 is 23.9 Å². The highest BCUT2D eigenvalue weighted by atomic mass is 32.2. The van der Waals surface area contributed by atoms with Gasteiger partial charge in [0, 0.05) is 0 Å². The van der Waals surface area contributed by atoms with Crippen molar-refractivity contribution in [3.05, 3.63) is 71.7 Å².